The molecule has 0 aliphatic heterocycles. The van der Waals surface area contributed by atoms with E-state index in [1.807, 2.05) is 24.3 Å². The number of hydrogen-bond acceptors (Lipinski definition) is 4. The molecule has 24 rings (SSSR count). The number of fused-ring (bicyclic) bond motifs is 12. The van der Waals surface area contributed by atoms with E-state index in [4.69, 9.17) is 19.9 Å². The van der Waals surface area contributed by atoms with Crippen LogP contribution in [0.25, 0.3) is 222 Å². The van der Waals surface area contributed by atoms with Crippen molar-refractivity contribution in [2.45, 2.75) is 0 Å². The summed E-state index contributed by atoms with van der Waals surface area (Å²) in [5.41, 5.74) is 33.2. The summed E-state index contributed by atoms with van der Waals surface area (Å²) in [6, 6.07) is 164. The van der Waals surface area contributed by atoms with Gasteiger partial charge < -0.3 is 18.3 Å². The Labute approximate surface area is 716 Å². The van der Waals surface area contributed by atoms with Gasteiger partial charge in [0.2, 0.25) is 0 Å². The van der Waals surface area contributed by atoms with Crippen LogP contribution in [0.3, 0.4) is 0 Å². The fourth-order valence-electron chi connectivity index (χ4n) is 18.6. The summed E-state index contributed by atoms with van der Waals surface area (Å²) >= 11 is 0. The van der Waals surface area contributed by atoms with Crippen molar-refractivity contribution in [1.29, 1.82) is 0 Å². The Morgan fingerprint density at radius 2 is 0.444 bits per heavy atom. The Bertz CT molecular complexity index is 8040. The molecule has 8 heteroatoms. The van der Waals surface area contributed by atoms with E-state index >= 15 is 0 Å². The van der Waals surface area contributed by atoms with Gasteiger partial charge in [-0.05, 0) is 154 Å². The Morgan fingerprint density at radius 1 is 0.145 bits per heavy atom. The first-order valence-electron chi connectivity index (χ1n) is 42.2. The molecular formula is C116H76N8. The van der Waals surface area contributed by atoms with Crippen LogP contribution in [-0.4, -0.2) is 38.2 Å². The Balaban J connectivity index is 0.000000143. The third kappa shape index (κ3) is 12.9. The lowest BCUT2D eigenvalue weighted by atomic mass is 9.97. The van der Waals surface area contributed by atoms with Crippen molar-refractivity contribution in [2.75, 3.05) is 0 Å². The Hall–Kier alpha value is -16.7. The molecule has 0 bridgehead atoms. The Morgan fingerprint density at radius 3 is 0.944 bits per heavy atom. The summed E-state index contributed by atoms with van der Waals surface area (Å²) in [6.45, 7) is 0. The quantitative estimate of drug-likeness (QED) is 0.109. The van der Waals surface area contributed by atoms with Gasteiger partial charge in [-0.25, -0.2) is 19.9 Å². The zero-order chi connectivity index (χ0) is 82.0. The summed E-state index contributed by atoms with van der Waals surface area (Å²) in [7, 11) is 0. The number of rotatable bonds is 14. The maximum Gasteiger partial charge on any atom is 0.160 e. The van der Waals surface area contributed by atoms with Gasteiger partial charge in [-0.1, -0.05) is 346 Å². The number of para-hydroxylation sites is 7. The highest BCUT2D eigenvalue weighted by molar-refractivity contribution is 6.18. The van der Waals surface area contributed by atoms with E-state index < -0.39 is 0 Å². The average molecular weight is 1580 g/mol. The smallest absolute Gasteiger partial charge is 0.160 e. The van der Waals surface area contributed by atoms with Crippen LogP contribution in [0.5, 0.6) is 0 Å². The van der Waals surface area contributed by atoms with Crippen molar-refractivity contribution in [3.05, 3.63) is 461 Å². The molecule has 0 radical (unpaired) electrons. The summed E-state index contributed by atoms with van der Waals surface area (Å²) < 4.78 is 9.58. The molecule has 0 atom stereocenters. The maximum atomic E-state index is 5.15. The summed E-state index contributed by atoms with van der Waals surface area (Å²) in [4.78, 5) is 20.5. The maximum absolute atomic E-state index is 5.15. The lowest BCUT2D eigenvalue weighted by molar-refractivity contribution is 1.17. The van der Waals surface area contributed by atoms with Crippen LogP contribution in [0.15, 0.2) is 461 Å². The highest BCUT2D eigenvalue weighted by atomic mass is 15.0. The van der Waals surface area contributed by atoms with Gasteiger partial charge in [0.15, 0.2) is 11.6 Å². The number of hydrogen-bond donors (Lipinski definition) is 0. The van der Waals surface area contributed by atoms with E-state index in [0.717, 1.165) is 95.4 Å². The molecular weight excluding hydrogens is 1510 g/mol. The molecule has 124 heavy (non-hydrogen) atoms. The molecule has 0 fully saturated rings. The third-order valence-corrected chi connectivity index (χ3v) is 24.3. The fourth-order valence-corrected chi connectivity index (χ4v) is 18.6. The second-order valence-electron chi connectivity index (χ2n) is 31.6. The summed E-state index contributed by atoms with van der Waals surface area (Å²) in [5.74, 6) is 1.40. The second kappa shape index (κ2) is 30.9. The van der Waals surface area contributed by atoms with Crippen molar-refractivity contribution in [2.24, 2.45) is 0 Å². The van der Waals surface area contributed by atoms with Gasteiger partial charge in [0, 0.05) is 105 Å². The minimum atomic E-state index is 0.696. The van der Waals surface area contributed by atoms with Crippen molar-refractivity contribution >= 4 is 87.2 Å². The average Bonchev–Trinajstić information content (AvgIpc) is 1.58. The molecule has 6 heterocycles. The Kier molecular flexibility index (Phi) is 18.1. The molecule has 0 saturated heterocycles. The van der Waals surface area contributed by atoms with E-state index in [1.54, 1.807) is 0 Å². The molecule has 0 unspecified atom stereocenters. The molecule has 18 aromatic carbocycles. The van der Waals surface area contributed by atoms with Crippen LogP contribution in [-0.2, 0) is 0 Å². The molecule has 24 aromatic rings. The van der Waals surface area contributed by atoms with Crippen molar-refractivity contribution in [3.8, 4) is 135 Å². The summed E-state index contributed by atoms with van der Waals surface area (Å²) in [5, 5.41) is 9.87. The van der Waals surface area contributed by atoms with E-state index in [1.165, 1.54) is 115 Å². The molecule has 0 spiro atoms. The van der Waals surface area contributed by atoms with E-state index in [9.17, 15) is 0 Å². The molecule has 0 aliphatic rings. The normalized spacial score (nSPS) is 11.5. The molecule has 8 nitrogen and oxygen atoms in total. The lowest BCUT2D eigenvalue weighted by Gasteiger charge is -2.13. The molecule has 0 amide bonds. The largest absolute Gasteiger partial charge is 0.309 e. The van der Waals surface area contributed by atoms with Gasteiger partial charge in [-0.2, -0.15) is 0 Å². The van der Waals surface area contributed by atoms with Gasteiger partial charge in [-0.3, -0.25) is 0 Å². The molecule has 0 N–H and O–H groups in total. The predicted octanol–water partition coefficient (Wildman–Crippen LogP) is 30.0. The van der Waals surface area contributed by atoms with Crippen molar-refractivity contribution in [1.82, 2.24) is 38.2 Å². The highest BCUT2D eigenvalue weighted by Gasteiger charge is 2.24. The molecule has 0 saturated carbocycles. The predicted molar refractivity (Wildman–Crippen MR) is 516 cm³/mol. The number of benzene rings is 18. The first kappa shape index (κ1) is 72.5. The zero-order valence-corrected chi connectivity index (χ0v) is 67.5. The third-order valence-electron chi connectivity index (χ3n) is 24.3. The first-order chi connectivity index (χ1) is 61.5. The monoisotopic (exact) mass is 1580 g/mol. The topological polar surface area (TPSA) is 71.3 Å². The van der Waals surface area contributed by atoms with Gasteiger partial charge in [-0.15, -0.1) is 0 Å². The van der Waals surface area contributed by atoms with Crippen LogP contribution in [0.1, 0.15) is 0 Å². The van der Waals surface area contributed by atoms with Crippen LogP contribution >= 0.6 is 0 Å². The first-order valence-corrected chi connectivity index (χ1v) is 42.2. The van der Waals surface area contributed by atoms with Gasteiger partial charge in [0.25, 0.3) is 0 Å². The minimum Gasteiger partial charge on any atom is -0.309 e. The zero-order valence-electron chi connectivity index (χ0n) is 67.5. The standard InChI is InChI=1S/2C58H38N4/c1-4-17-40(18-5-1)51-38-52(41-19-6-2-7-20-41)60-58(59-51)43-22-14-21-42(37-43)46-27-16-32-55-56(46)50-26-11-13-31-54(50)61(55)45-35-33-39(34-36-45)47-28-15-29-49-48-25-10-12-30-53(48)62(57(47)49)44-23-8-3-9-24-44;1-4-15-41(16-5-1)51-38-52(42-17-6-2-7-18-42)60-58(59-51)43-29-27-40(28-30-43)47-23-14-26-56-57(47)49-22-11-13-25-54(49)62(56)46-34-31-39(32-35-46)44-33-36-55-50(37-44)48-21-10-12-24-53(48)61(55)45-19-8-3-9-20-45/h2*1-38H. The van der Waals surface area contributed by atoms with Crippen molar-refractivity contribution < 1.29 is 0 Å². The lowest BCUT2D eigenvalue weighted by Crippen LogP contribution is -1.96. The molecule has 6 aromatic heterocycles. The fraction of sp³-hybridized carbons (Fsp3) is 0. The van der Waals surface area contributed by atoms with Gasteiger partial charge in [0.1, 0.15) is 0 Å². The van der Waals surface area contributed by atoms with Crippen LogP contribution in [0.4, 0.5) is 0 Å². The van der Waals surface area contributed by atoms with Gasteiger partial charge >= 0.3 is 0 Å². The number of nitrogens with zero attached hydrogens (tertiary/aromatic N) is 8. The van der Waals surface area contributed by atoms with Crippen LogP contribution in [0.2, 0.25) is 0 Å². The van der Waals surface area contributed by atoms with E-state index in [0.29, 0.717) is 11.6 Å². The number of aromatic nitrogens is 8. The van der Waals surface area contributed by atoms with E-state index in [2.05, 4.69) is 455 Å². The molecule has 0 aliphatic carbocycles. The summed E-state index contributed by atoms with van der Waals surface area (Å²) in [6.07, 6.45) is 0. The van der Waals surface area contributed by atoms with Crippen molar-refractivity contribution in [3.63, 3.8) is 0 Å². The van der Waals surface area contributed by atoms with Crippen LogP contribution in [0, 0.1) is 0 Å². The SMILES string of the molecule is c1ccc(-c2cc(-c3ccccc3)nc(-c3ccc(-c4cccc5c4c4ccccc4n5-c4ccc(-c5ccc6c(c5)c5ccccc5n6-c5ccccc5)cc4)cc3)n2)cc1.c1ccc(-c2cc(-c3ccccc3)nc(-c3cccc(-c4cccc5c4c4ccccc4n5-c4ccc(-c5cccc6c7ccccc7n(-c7ccccc7)c56)cc4)c3)n2)cc1. The highest BCUT2D eigenvalue weighted by Crippen LogP contribution is 2.45. The van der Waals surface area contributed by atoms with Crippen LogP contribution < -0.4 is 0 Å². The van der Waals surface area contributed by atoms with Gasteiger partial charge in [0.05, 0.1) is 66.9 Å². The molecule has 580 valence electrons. The second-order valence-corrected chi connectivity index (χ2v) is 31.6. The minimum absolute atomic E-state index is 0.696. The van der Waals surface area contributed by atoms with E-state index in [-0.39, 0.29) is 0 Å².